The molecule has 3 amide bonds. The topological polar surface area (TPSA) is 106 Å². The van der Waals surface area contributed by atoms with Gasteiger partial charge in [0.1, 0.15) is 18.1 Å². The Kier molecular flexibility index (Phi) is 7.89. The lowest BCUT2D eigenvalue weighted by Crippen LogP contribution is -2.36. The molecule has 1 fully saturated rings. The molecular weight excluding hydrogens is 595 g/mol. The molecule has 0 aliphatic carbocycles. The van der Waals surface area contributed by atoms with Gasteiger partial charge in [0.2, 0.25) is 5.91 Å². The molecule has 1 aliphatic rings. The first-order valence-corrected chi connectivity index (χ1v) is 12.5. The quantitative estimate of drug-likeness (QED) is 0.252. The molecule has 2 heterocycles. The van der Waals surface area contributed by atoms with Crippen LogP contribution in [0, 0.1) is 0 Å². The molecule has 8 nitrogen and oxygen atoms in total. The number of imide groups is 1. The van der Waals surface area contributed by atoms with E-state index in [1.165, 1.54) is 19.3 Å². The Morgan fingerprint density at radius 1 is 1.11 bits per heavy atom. The summed E-state index contributed by atoms with van der Waals surface area (Å²) in [5, 5.41) is 2.66. The SMILES string of the molecule is COC(=O)c1cc(-c2ccc(/C=C3/SC(=O)N(CC(=O)Nc4ccc(Br)c(Cl)c4)C3=O)o2)ccc1Cl. The van der Waals surface area contributed by atoms with E-state index in [-0.39, 0.29) is 15.5 Å². The van der Waals surface area contributed by atoms with Crippen LogP contribution < -0.4 is 5.32 Å². The lowest BCUT2D eigenvalue weighted by molar-refractivity contribution is -0.127. The smallest absolute Gasteiger partial charge is 0.339 e. The van der Waals surface area contributed by atoms with E-state index in [9.17, 15) is 19.2 Å². The lowest BCUT2D eigenvalue weighted by atomic mass is 10.1. The van der Waals surface area contributed by atoms with Crippen LogP contribution in [0.4, 0.5) is 10.5 Å². The maximum atomic E-state index is 12.8. The van der Waals surface area contributed by atoms with Crippen molar-refractivity contribution in [2.75, 3.05) is 19.0 Å². The number of methoxy groups -OCH3 is 1. The standard InChI is InChI=1S/C24H15BrCl2N2O6S/c1-34-23(32)15-8-12(2-6-17(15)26)19-7-4-14(35-19)10-20-22(31)29(24(33)36-20)11-21(30)28-13-3-5-16(25)18(27)9-13/h2-10H,11H2,1H3,(H,28,30)/b20-10+. The summed E-state index contributed by atoms with van der Waals surface area (Å²) in [5.41, 5.74) is 1.17. The fourth-order valence-corrected chi connectivity index (χ4v) is 4.65. The van der Waals surface area contributed by atoms with Crippen molar-refractivity contribution < 1.29 is 28.3 Å². The molecule has 1 aliphatic heterocycles. The molecule has 4 rings (SSSR count). The summed E-state index contributed by atoms with van der Waals surface area (Å²) in [6, 6.07) is 12.8. The van der Waals surface area contributed by atoms with E-state index < -0.39 is 29.6 Å². The van der Waals surface area contributed by atoms with Gasteiger partial charge in [0.05, 0.1) is 27.6 Å². The number of thioether (sulfide) groups is 1. The number of hydrogen-bond donors (Lipinski definition) is 1. The zero-order chi connectivity index (χ0) is 26.0. The fraction of sp³-hybridized carbons (Fsp3) is 0.0833. The number of anilines is 1. The Labute approximate surface area is 227 Å². The number of halogens is 3. The molecule has 0 bridgehead atoms. The number of nitrogens with zero attached hydrogens (tertiary/aromatic N) is 1. The number of carbonyl (C=O) groups is 4. The Hall–Kier alpha value is -3.05. The zero-order valence-corrected chi connectivity index (χ0v) is 22.3. The van der Waals surface area contributed by atoms with E-state index in [0.717, 1.165) is 4.90 Å². The lowest BCUT2D eigenvalue weighted by Gasteiger charge is -2.12. The minimum absolute atomic E-state index is 0.103. The van der Waals surface area contributed by atoms with Gasteiger partial charge in [-0.15, -0.1) is 0 Å². The van der Waals surface area contributed by atoms with Gasteiger partial charge < -0.3 is 14.5 Å². The van der Waals surface area contributed by atoms with E-state index in [1.54, 1.807) is 42.5 Å². The van der Waals surface area contributed by atoms with Gasteiger partial charge in [0.15, 0.2) is 0 Å². The van der Waals surface area contributed by atoms with Gasteiger partial charge in [-0.05, 0) is 76.2 Å². The van der Waals surface area contributed by atoms with Crippen LogP contribution in [-0.2, 0) is 14.3 Å². The van der Waals surface area contributed by atoms with Crippen molar-refractivity contribution in [3.05, 3.63) is 79.3 Å². The first kappa shape index (κ1) is 26.0. The third-order valence-electron chi connectivity index (χ3n) is 4.93. The summed E-state index contributed by atoms with van der Waals surface area (Å²) in [6.45, 7) is -0.458. The third kappa shape index (κ3) is 5.67. The first-order chi connectivity index (χ1) is 17.2. The third-order valence-corrected chi connectivity index (χ3v) is 7.40. The molecule has 1 aromatic heterocycles. The zero-order valence-electron chi connectivity index (χ0n) is 18.3. The van der Waals surface area contributed by atoms with Crippen LogP contribution in [0.1, 0.15) is 16.1 Å². The number of rotatable bonds is 6. The molecule has 0 radical (unpaired) electrons. The van der Waals surface area contributed by atoms with Crippen LogP contribution in [0.5, 0.6) is 0 Å². The van der Waals surface area contributed by atoms with E-state index >= 15 is 0 Å². The van der Waals surface area contributed by atoms with Crippen LogP contribution in [0.3, 0.4) is 0 Å². The molecule has 1 N–H and O–H groups in total. The second-order valence-electron chi connectivity index (χ2n) is 7.33. The maximum absolute atomic E-state index is 12.8. The number of amides is 3. The first-order valence-electron chi connectivity index (χ1n) is 10.1. The molecule has 0 saturated carbocycles. The molecule has 2 aromatic carbocycles. The summed E-state index contributed by atoms with van der Waals surface area (Å²) in [7, 11) is 1.25. The molecule has 1 saturated heterocycles. The Balaban J connectivity index is 1.47. The van der Waals surface area contributed by atoms with Crippen LogP contribution >= 0.6 is 50.9 Å². The summed E-state index contributed by atoms with van der Waals surface area (Å²) < 4.78 is 11.2. The van der Waals surface area contributed by atoms with Gasteiger partial charge >= 0.3 is 5.97 Å². The van der Waals surface area contributed by atoms with Crippen LogP contribution in [0.2, 0.25) is 10.0 Å². The van der Waals surface area contributed by atoms with Crippen molar-refractivity contribution in [1.29, 1.82) is 0 Å². The fourth-order valence-electron chi connectivity index (χ4n) is 3.21. The van der Waals surface area contributed by atoms with E-state index in [2.05, 4.69) is 21.2 Å². The van der Waals surface area contributed by atoms with Crippen LogP contribution in [0.25, 0.3) is 17.4 Å². The summed E-state index contributed by atoms with van der Waals surface area (Å²) in [5.74, 6) is -1.05. The van der Waals surface area contributed by atoms with E-state index in [0.29, 0.717) is 44.0 Å². The highest BCUT2D eigenvalue weighted by molar-refractivity contribution is 9.10. The predicted molar refractivity (Wildman–Crippen MR) is 141 cm³/mol. The highest BCUT2D eigenvalue weighted by Crippen LogP contribution is 2.34. The second kappa shape index (κ2) is 10.9. The largest absolute Gasteiger partial charge is 0.465 e. The highest BCUT2D eigenvalue weighted by atomic mass is 79.9. The van der Waals surface area contributed by atoms with Gasteiger partial charge in [-0.1, -0.05) is 23.2 Å². The number of nitrogens with one attached hydrogen (secondary N) is 1. The molecule has 36 heavy (non-hydrogen) atoms. The number of furan rings is 1. The van der Waals surface area contributed by atoms with Crippen molar-refractivity contribution in [2.24, 2.45) is 0 Å². The normalized spacial score (nSPS) is 14.4. The number of benzene rings is 2. The van der Waals surface area contributed by atoms with Crippen molar-refractivity contribution in [2.45, 2.75) is 0 Å². The molecule has 0 spiro atoms. The van der Waals surface area contributed by atoms with E-state index in [4.69, 9.17) is 32.4 Å². The Morgan fingerprint density at radius 3 is 2.61 bits per heavy atom. The average Bonchev–Trinajstić information content (AvgIpc) is 3.41. The highest BCUT2D eigenvalue weighted by Gasteiger charge is 2.36. The molecule has 12 heteroatoms. The van der Waals surface area contributed by atoms with Gasteiger partial charge in [0.25, 0.3) is 11.1 Å². The monoisotopic (exact) mass is 608 g/mol. The number of carbonyl (C=O) groups excluding carboxylic acids is 4. The van der Waals surface area contributed by atoms with Crippen molar-refractivity contribution in [1.82, 2.24) is 4.90 Å². The van der Waals surface area contributed by atoms with Crippen LogP contribution in [-0.4, -0.2) is 41.6 Å². The Bertz CT molecular complexity index is 1440. The predicted octanol–water partition coefficient (Wildman–Crippen LogP) is 6.48. The van der Waals surface area contributed by atoms with Crippen LogP contribution in [0.15, 0.2) is 62.3 Å². The minimum atomic E-state index is -0.619. The minimum Gasteiger partial charge on any atom is -0.465 e. The molecule has 0 unspecified atom stereocenters. The van der Waals surface area contributed by atoms with Crippen molar-refractivity contribution in [3.8, 4) is 11.3 Å². The van der Waals surface area contributed by atoms with Crippen molar-refractivity contribution in [3.63, 3.8) is 0 Å². The van der Waals surface area contributed by atoms with Crippen molar-refractivity contribution >= 4 is 85.7 Å². The molecule has 0 atom stereocenters. The summed E-state index contributed by atoms with van der Waals surface area (Å²) in [4.78, 5) is 50.4. The van der Waals surface area contributed by atoms with Gasteiger partial charge in [0, 0.05) is 21.8 Å². The van der Waals surface area contributed by atoms with E-state index in [1.807, 2.05) is 0 Å². The van der Waals surface area contributed by atoms with Gasteiger partial charge in [-0.25, -0.2) is 4.79 Å². The van der Waals surface area contributed by atoms with Gasteiger partial charge in [-0.3, -0.25) is 19.3 Å². The Morgan fingerprint density at radius 2 is 1.89 bits per heavy atom. The maximum Gasteiger partial charge on any atom is 0.339 e. The summed E-state index contributed by atoms with van der Waals surface area (Å²) >= 11 is 16.0. The molecular formula is C24H15BrCl2N2O6S. The number of esters is 1. The number of hydrogen-bond acceptors (Lipinski definition) is 7. The number of ether oxygens (including phenoxy) is 1. The second-order valence-corrected chi connectivity index (χ2v) is 10.00. The summed E-state index contributed by atoms with van der Waals surface area (Å²) in [6.07, 6.45) is 1.41. The molecule has 3 aromatic rings. The average molecular weight is 610 g/mol. The van der Waals surface area contributed by atoms with Gasteiger partial charge in [-0.2, -0.15) is 0 Å². The molecule has 184 valence electrons.